The molecule has 1 saturated heterocycles. The Labute approximate surface area is 138 Å². The number of carbonyl (C=O) groups is 1. The minimum Gasteiger partial charge on any atom is -0.377 e. The number of rotatable bonds is 6. The van der Waals surface area contributed by atoms with Crippen molar-refractivity contribution in [1.82, 2.24) is 4.90 Å². The maximum atomic E-state index is 13.2. The Kier molecular flexibility index (Phi) is 5.81. The summed E-state index contributed by atoms with van der Waals surface area (Å²) in [7, 11) is -3.68. The number of amides is 1. The number of benzene rings is 1. The number of hydrogen-bond acceptors (Lipinski definition) is 4. The van der Waals surface area contributed by atoms with Gasteiger partial charge < -0.3 is 9.64 Å². The Morgan fingerprint density at radius 2 is 1.87 bits per heavy atom. The van der Waals surface area contributed by atoms with Crippen molar-refractivity contribution in [2.75, 3.05) is 19.7 Å². The highest BCUT2D eigenvalue weighted by atomic mass is 32.2. The molecule has 0 N–H and O–H groups in total. The lowest BCUT2D eigenvalue weighted by Gasteiger charge is -2.28. The molecule has 0 aromatic heterocycles. The van der Waals surface area contributed by atoms with E-state index in [4.69, 9.17) is 4.74 Å². The molecule has 0 radical (unpaired) electrons. The quantitative estimate of drug-likeness (QED) is 0.797. The van der Waals surface area contributed by atoms with Crippen LogP contribution in [-0.4, -0.2) is 50.3 Å². The van der Waals surface area contributed by atoms with Crippen LogP contribution in [-0.2, 0) is 19.4 Å². The van der Waals surface area contributed by atoms with Gasteiger partial charge in [-0.3, -0.25) is 4.79 Å². The van der Waals surface area contributed by atoms with Crippen LogP contribution in [0.4, 0.5) is 0 Å². The molecular weight excluding hydrogens is 314 g/mol. The summed E-state index contributed by atoms with van der Waals surface area (Å²) in [6, 6.07) is 8.77. The van der Waals surface area contributed by atoms with Crippen LogP contribution in [0.15, 0.2) is 30.3 Å². The van der Waals surface area contributed by atoms with Crippen molar-refractivity contribution in [3.05, 3.63) is 35.9 Å². The van der Waals surface area contributed by atoms with Gasteiger partial charge in [-0.15, -0.1) is 0 Å². The first-order valence-electron chi connectivity index (χ1n) is 8.11. The van der Waals surface area contributed by atoms with E-state index in [1.807, 2.05) is 19.9 Å². The molecule has 1 aromatic rings. The second-order valence-electron chi connectivity index (χ2n) is 5.79. The summed E-state index contributed by atoms with van der Waals surface area (Å²) in [5, 5.41) is -1.79. The van der Waals surface area contributed by atoms with Crippen LogP contribution in [0.2, 0.25) is 0 Å². The standard InChI is InChI=1S/C17H25NO4S/c1-4-18(5-2)17(19)16(14-9-7-6-8-10-14)23(20,21)15-11-12-22-13(15)3/h6-10,13,15-16H,4-5,11-12H2,1-3H3/t13-,15+,16-/m0/s1. The molecule has 0 aliphatic carbocycles. The van der Waals surface area contributed by atoms with Gasteiger partial charge in [0.05, 0.1) is 11.4 Å². The average Bonchev–Trinajstić information content (AvgIpc) is 2.96. The molecule has 0 unspecified atom stereocenters. The lowest BCUT2D eigenvalue weighted by molar-refractivity contribution is -0.130. The van der Waals surface area contributed by atoms with Gasteiger partial charge in [0, 0.05) is 19.7 Å². The molecule has 23 heavy (non-hydrogen) atoms. The second kappa shape index (κ2) is 7.45. The van der Waals surface area contributed by atoms with E-state index in [1.165, 1.54) is 0 Å². The first-order chi connectivity index (χ1) is 10.9. The summed E-state index contributed by atoms with van der Waals surface area (Å²) in [4.78, 5) is 14.5. The van der Waals surface area contributed by atoms with E-state index in [-0.39, 0.29) is 12.0 Å². The van der Waals surface area contributed by atoms with E-state index >= 15 is 0 Å². The molecule has 0 saturated carbocycles. The topological polar surface area (TPSA) is 63.7 Å². The second-order valence-corrected chi connectivity index (χ2v) is 8.05. The van der Waals surface area contributed by atoms with Crippen molar-refractivity contribution < 1.29 is 17.9 Å². The molecule has 0 spiro atoms. The van der Waals surface area contributed by atoms with Gasteiger partial charge in [-0.25, -0.2) is 8.42 Å². The molecule has 5 nitrogen and oxygen atoms in total. The first kappa shape index (κ1) is 17.9. The zero-order valence-electron chi connectivity index (χ0n) is 13.9. The molecule has 3 atom stereocenters. The average molecular weight is 339 g/mol. The number of nitrogens with zero attached hydrogens (tertiary/aromatic N) is 1. The predicted octanol–water partition coefficient (Wildman–Crippen LogP) is 2.19. The van der Waals surface area contributed by atoms with Crippen LogP contribution in [0.25, 0.3) is 0 Å². The van der Waals surface area contributed by atoms with Gasteiger partial charge in [-0.05, 0) is 32.8 Å². The molecule has 1 fully saturated rings. The van der Waals surface area contributed by atoms with E-state index in [9.17, 15) is 13.2 Å². The van der Waals surface area contributed by atoms with Gasteiger partial charge in [-0.2, -0.15) is 0 Å². The van der Waals surface area contributed by atoms with Gasteiger partial charge in [0.15, 0.2) is 15.1 Å². The Hall–Kier alpha value is -1.40. The third kappa shape index (κ3) is 3.58. The van der Waals surface area contributed by atoms with Crippen molar-refractivity contribution >= 4 is 15.7 Å². The predicted molar refractivity (Wildman–Crippen MR) is 89.8 cm³/mol. The Morgan fingerprint density at radius 1 is 1.26 bits per heavy atom. The van der Waals surface area contributed by atoms with E-state index in [0.717, 1.165) is 0 Å². The van der Waals surface area contributed by atoms with Crippen molar-refractivity contribution in [3.63, 3.8) is 0 Å². The molecule has 2 rings (SSSR count). The third-order valence-electron chi connectivity index (χ3n) is 4.46. The number of ether oxygens (including phenoxy) is 1. The summed E-state index contributed by atoms with van der Waals surface area (Å²) in [6.45, 7) is 6.88. The highest BCUT2D eigenvalue weighted by Crippen LogP contribution is 2.33. The Morgan fingerprint density at radius 3 is 2.35 bits per heavy atom. The Balaban J connectivity index is 2.47. The van der Waals surface area contributed by atoms with Crippen LogP contribution in [0, 0.1) is 0 Å². The van der Waals surface area contributed by atoms with Crippen LogP contribution in [0.1, 0.15) is 38.0 Å². The van der Waals surface area contributed by atoms with Crippen molar-refractivity contribution in [3.8, 4) is 0 Å². The highest BCUT2D eigenvalue weighted by Gasteiger charge is 2.45. The molecule has 0 bridgehead atoms. The van der Waals surface area contributed by atoms with E-state index in [1.54, 1.807) is 36.1 Å². The molecule has 1 amide bonds. The van der Waals surface area contributed by atoms with Gasteiger partial charge in [-0.1, -0.05) is 30.3 Å². The summed E-state index contributed by atoms with van der Waals surface area (Å²) < 4.78 is 31.8. The van der Waals surface area contributed by atoms with Gasteiger partial charge >= 0.3 is 0 Å². The first-order valence-corrected chi connectivity index (χ1v) is 9.72. The van der Waals surface area contributed by atoms with Crippen LogP contribution in [0.5, 0.6) is 0 Å². The van der Waals surface area contributed by atoms with Gasteiger partial charge in [0.25, 0.3) is 0 Å². The number of likely N-dealkylation sites (N-methyl/N-ethyl adjacent to an activating group) is 1. The molecule has 1 aliphatic heterocycles. The summed E-state index contributed by atoms with van der Waals surface area (Å²) in [6.07, 6.45) is 0.0639. The van der Waals surface area contributed by atoms with Crippen molar-refractivity contribution in [1.29, 1.82) is 0 Å². The number of carbonyl (C=O) groups excluding carboxylic acids is 1. The zero-order chi connectivity index (χ0) is 17.0. The highest BCUT2D eigenvalue weighted by molar-refractivity contribution is 7.93. The van der Waals surface area contributed by atoms with Crippen LogP contribution < -0.4 is 0 Å². The fourth-order valence-corrected chi connectivity index (χ4v) is 5.47. The third-order valence-corrected chi connectivity index (χ3v) is 7.05. The van der Waals surface area contributed by atoms with Gasteiger partial charge in [0.2, 0.25) is 5.91 Å². The van der Waals surface area contributed by atoms with E-state index in [0.29, 0.717) is 31.7 Å². The Bertz CT molecular complexity index is 625. The normalized spacial score (nSPS) is 22.7. The molecule has 1 aliphatic rings. The molecule has 1 aromatic carbocycles. The SMILES string of the molecule is CCN(CC)C(=O)[C@H](c1ccccc1)S(=O)(=O)[C@@H]1CCO[C@H]1C. The van der Waals surface area contributed by atoms with E-state index < -0.39 is 20.3 Å². The fourth-order valence-electron chi connectivity index (χ4n) is 3.12. The molecule has 6 heteroatoms. The molecule has 128 valence electrons. The minimum absolute atomic E-state index is 0.347. The zero-order valence-corrected chi connectivity index (χ0v) is 14.8. The number of hydrogen-bond donors (Lipinski definition) is 0. The van der Waals surface area contributed by atoms with Crippen LogP contribution in [0.3, 0.4) is 0 Å². The maximum Gasteiger partial charge on any atom is 0.245 e. The monoisotopic (exact) mass is 339 g/mol. The molecule has 1 heterocycles. The molecular formula is C17H25NO4S. The summed E-state index contributed by atoms with van der Waals surface area (Å²) in [5.74, 6) is -0.347. The van der Waals surface area contributed by atoms with E-state index in [2.05, 4.69) is 0 Å². The lowest BCUT2D eigenvalue weighted by Crippen LogP contribution is -2.42. The van der Waals surface area contributed by atoms with Crippen molar-refractivity contribution in [2.24, 2.45) is 0 Å². The summed E-state index contributed by atoms with van der Waals surface area (Å²) >= 11 is 0. The van der Waals surface area contributed by atoms with Crippen molar-refractivity contribution in [2.45, 2.75) is 43.8 Å². The van der Waals surface area contributed by atoms with Crippen LogP contribution >= 0.6 is 0 Å². The maximum absolute atomic E-state index is 13.2. The smallest absolute Gasteiger partial charge is 0.245 e. The summed E-state index contributed by atoms with van der Waals surface area (Å²) in [5.41, 5.74) is 0.531. The fraction of sp³-hybridized carbons (Fsp3) is 0.588. The largest absolute Gasteiger partial charge is 0.377 e. The minimum atomic E-state index is -3.68. The van der Waals surface area contributed by atoms with Gasteiger partial charge in [0.1, 0.15) is 0 Å². The number of sulfone groups is 1. The lowest BCUT2D eigenvalue weighted by atomic mass is 10.1.